The van der Waals surface area contributed by atoms with Crippen molar-refractivity contribution in [3.63, 3.8) is 0 Å². The molecule has 0 aliphatic rings. The van der Waals surface area contributed by atoms with E-state index in [1.807, 2.05) is 13.0 Å². The van der Waals surface area contributed by atoms with Crippen LogP contribution in [0.2, 0.25) is 0 Å². The van der Waals surface area contributed by atoms with Gasteiger partial charge in [-0.2, -0.15) is 0 Å². The number of carboxylic acid groups (broad SMARTS) is 1. The summed E-state index contributed by atoms with van der Waals surface area (Å²) in [4.78, 5) is 28.2. The SMILES string of the molecule is CCOC(=O)C(Cc1cccc(C)n1)(C(=O)O)C(C)C. The molecule has 1 atom stereocenters. The molecule has 0 saturated heterocycles. The summed E-state index contributed by atoms with van der Waals surface area (Å²) < 4.78 is 4.98. The number of hydrogen-bond donors (Lipinski definition) is 1. The van der Waals surface area contributed by atoms with Crippen LogP contribution >= 0.6 is 0 Å². The number of carbonyl (C=O) groups excluding carboxylic acids is 1. The number of aromatic nitrogens is 1. The molecule has 1 aromatic heterocycles. The van der Waals surface area contributed by atoms with Crippen molar-refractivity contribution in [2.75, 3.05) is 6.61 Å². The van der Waals surface area contributed by atoms with E-state index in [1.165, 1.54) is 0 Å². The summed E-state index contributed by atoms with van der Waals surface area (Å²) in [7, 11) is 0. The van der Waals surface area contributed by atoms with E-state index in [-0.39, 0.29) is 13.0 Å². The average Bonchev–Trinajstić information content (AvgIpc) is 2.35. The van der Waals surface area contributed by atoms with Gasteiger partial charge in [-0.3, -0.25) is 14.6 Å². The number of ether oxygens (including phenoxy) is 1. The van der Waals surface area contributed by atoms with E-state index in [0.29, 0.717) is 5.69 Å². The highest BCUT2D eigenvalue weighted by Gasteiger charge is 2.50. The lowest BCUT2D eigenvalue weighted by atomic mass is 9.73. The smallest absolute Gasteiger partial charge is 0.324 e. The molecule has 0 bridgehead atoms. The second-order valence-corrected chi connectivity index (χ2v) is 5.10. The Balaban J connectivity index is 3.23. The molecule has 0 saturated carbocycles. The molecule has 0 spiro atoms. The lowest BCUT2D eigenvalue weighted by Crippen LogP contribution is -2.47. The second-order valence-electron chi connectivity index (χ2n) is 5.10. The summed E-state index contributed by atoms with van der Waals surface area (Å²) in [6.07, 6.45) is 0.0283. The molecule has 20 heavy (non-hydrogen) atoms. The van der Waals surface area contributed by atoms with Crippen LogP contribution in [0.3, 0.4) is 0 Å². The first-order valence-electron chi connectivity index (χ1n) is 6.67. The van der Waals surface area contributed by atoms with Gasteiger partial charge in [0, 0.05) is 17.8 Å². The third kappa shape index (κ3) is 3.15. The number of carbonyl (C=O) groups is 2. The first-order chi connectivity index (χ1) is 9.34. The molecule has 5 heteroatoms. The minimum atomic E-state index is -1.60. The van der Waals surface area contributed by atoms with Crippen LogP contribution in [-0.4, -0.2) is 28.6 Å². The van der Waals surface area contributed by atoms with Crippen molar-refractivity contribution >= 4 is 11.9 Å². The van der Waals surface area contributed by atoms with Crippen molar-refractivity contribution in [2.45, 2.75) is 34.1 Å². The fraction of sp³-hybridized carbons (Fsp3) is 0.533. The maximum absolute atomic E-state index is 12.2. The van der Waals surface area contributed by atoms with E-state index >= 15 is 0 Å². The standard InChI is InChI=1S/C15H21NO4/c1-5-20-14(19)15(10(2)3,13(17)18)9-12-8-6-7-11(4)16-12/h6-8,10H,5,9H2,1-4H3,(H,17,18). The summed E-state index contributed by atoms with van der Waals surface area (Å²) in [5, 5.41) is 9.59. The first-order valence-corrected chi connectivity index (χ1v) is 6.67. The van der Waals surface area contributed by atoms with Gasteiger partial charge >= 0.3 is 11.9 Å². The van der Waals surface area contributed by atoms with Gasteiger partial charge in [0.1, 0.15) is 0 Å². The van der Waals surface area contributed by atoms with Crippen molar-refractivity contribution in [1.82, 2.24) is 4.98 Å². The Morgan fingerprint density at radius 1 is 1.40 bits per heavy atom. The lowest BCUT2D eigenvalue weighted by Gasteiger charge is -2.30. The van der Waals surface area contributed by atoms with Crippen LogP contribution in [0.1, 0.15) is 32.2 Å². The fourth-order valence-electron chi connectivity index (χ4n) is 2.17. The molecule has 0 amide bonds. The summed E-state index contributed by atoms with van der Waals surface area (Å²) in [6, 6.07) is 5.35. The maximum Gasteiger partial charge on any atom is 0.324 e. The molecule has 0 aromatic carbocycles. The van der Waals surface area contributed by atoms with Gasteiger partial charge in [0.15, 0.2) is 5.41 Å². The van der Waals surface area contributed by atoms with Crippen LogP contribution in [0, 0.1) is 18.3 Å². The summed E-state index contributed by atoms with van der Waals surface area (Å²) in [5.41, 5.74) is -0.236. The van der Waals surface area contributed by atoms with Gasteiger partial charge in [-0.05, 0) is 31.9 Å². The molecule has 5 nitrogen and oxygen atoms in total. The maximum atomic E-state index is 12.2. The van der Waals surface area contributed by atoms with E-state index in [4.69, 9.17) is 4.74 Å². The van der Waals surface area contributed by atoms with Crippen molar-refractivity contribution in [2.24, 2.45) is 11.3 Å². The molecular formula is C15H21NO4. The zero-order chi connectivity index (χ0) is 15.3. The monoisotopic (exact) mass is 279 g/mol. The van der Waals surface area contributed by atoms with Crippen molar-refractivity contribution in [3.05, 3.63) is 29.6 Å². The Morgan fingerprint density at radius 3 is 2.50 bits per heavy atom. The van der Waals surface area contributed by atoms with Crippen molar-refractivity contribution in [3.8, 4) is 0 Å². The number of aryl methyl sites for hydroxylation is 1. The van der Waals surface area contributed by atoms with Crippen LogP contribution in [0.5, 0.6) is 0 Å². The Morgan fingerprint density at radius 2 is 2.05 bits per heavy atom. The average molecular weight is 279 g/mol. The molecule has 1 rings (SSSR count). The zero-order valence-electron chi connectivity index (χ0n) is 12.3. The number of rotatable bonds is 6. The number of carboxylic acids is 1. The van der Waals surface area contributed by atoms with E-state index in [2.05, 4.69) is 4.98 Å². The summed E-state index contributed by atoms with van der Waals surface area (Å²) in [5.74, 6) is -2.28. The number of aliphatic carboxylic acids is 1. The van der Waals surface area contributed by atoms with Gasteiger partial charge in [0.25, 0.3) is 0 Å². The van der Waals surface area contributed by atoms with Crippen LogP contribution in [-0.2, 0) is 20.7 Å². The second kappa shape index (κ2) is 6.50. The molecule has 0 fully saturated rings. The normalized spacial score (nSPS) is 13.8. The number of hydrogen-bond acceptors (Lipinski definition) is 4. The number of esters is 1. The number of pyridine rings is 1. The van der Waals surface area contributed by atoms with E-state index < -0.39 is 23.3 Å². The van der Waals surface area contributed by atoms with Gasteiger partial charge in [-0.25, -0.2) is 0 Å². The molecule has 1 heterocycles. The highest BCUT2D eigenvalue weighted by atomic mass is 16.5. The van der Waals surface area contributed by atoms with Gasteiger partial charge in [0.2, 0.25) is 0 Å². The Labute approximate surface area is 119 Å². The van der Waals surface area contributed by atoms with E-state index in [0.717, 1.165) is 5.69 Å². The van der Waals surface area contributed by atoms with Crippen LogP contribution in [0.4, 0.5) is 0 Å². The predicted octanol–water partition coefficient (Wildman–Crippen LogP) is 2.22. The Hall–Kier alpha value is -1.91. The third-order valence-corrected chi connectivity index (χ3v) is 3.41. The predicted molar refractivity (Wildman–Crippen MR) is 74.2 cm³/mol. The Kier molecular flexibility index (Phi) is 5.25. The van der Waals surface area contributed by atoms with Gasteiger partial charge in [-0.15, -0.1) is 0 Å². The quantitative estimate of drug-likeness (QED) is 0.638. The lowest BCUT2D eigenvalue weighted by molar-refractivity contribution is -0.172. The van der Waals surface area contributed by atoms with Gasteiger partial charge in [-0.1, -0.05) is 19.9 Å². The largest absolute Gasteiger partial charge is 0.480 e. The summed E-state index contributed by atoms with van der Waals surface area (Å²) >= 11 is 0. The summed E-state index contributed by atoms with van der Waals surface area (Å²) in [6.45, 7) is 7.06. The molecule has 1 aromatic rings. The molecule has 110 valence electrons. The highest BCUT2D eigenvalue weighted by molar-refractivity contribution is 5.99. The van der Waals surface area contributed by atoms with Crippen molar-refractivity contribution in [1.29, 1.82) is 0 Å². The molecule has 0 aliphatic carbocycles. The van der Waals surface area contributed by atoms with E-state index in [9.17, 15) is 14.7 Å². The van der Waals surface area contributed by atoms with Crippen LogP contribution in [0.15, 0.2) is 18.2 Å². The first kappa shape index (κ1) is 16.1. The molecule has 0 radical (unpaired) electrons. The topological polar surface area (TPSA) is 76.5 Å². The molecule has 1 unspecified atom stereocenters. The molecular weight excluding hydrogens is 258 g/mol. The molecule has 1 N–H and O–H groups in total. The van der Waals surface area contributed by atoms with Gasteiger partial charge in [0.05, 0.1) is 6.61 Å². The zero-order valence-corrected chi connectivity index (χ0v) is 12.3. The van der Waals surface area contributed by atoms with Crippen LogP contribution < -0.4 is 0 Å². The Bertz CT molecular complexity index is 498. The van der Waals surface area contributed by atoms with E-state index in [1.54, 1.807) is 32.9 Å². The number of nitrogens with zero attached hydrogens (tertiary/aromatic N) is 1. The third-order valence-electron chi connectivity index (χ3n) is 3.41. The highest BCUT2D eigenvalue weighted by Crippen LogP contribution is 2.33. The molecule has 0 aliphatic heterocycles. The van der Waals surface area contributed by atoms with Crippen molar-refractivity contribution < 1.29 is 19.4 Å². The minimum absolute atomic E-state index is 0.0283. The fourth-order valence-corrected chi connectivity index (χ4v) is 2.17. The minimum Gasteiger partial charge on any atom is -0.480 e. The van der Waals surface area contributed by atoms with Crippen LogP contribution in [0.25, 0.3) is 0 Å². The van der Waals surface area contributed by atoms with Gasteiger partial charge < -0.3 is 9.84 Å².